The molecule has 0 saturated carbocycles. The molecule has 0 aromatic carbocycles. The van der Waals surface area contributed by atoms with Crippen molar-refractivity contribution in [3.05, 3.63) is 0 Å². The Morgan fingerprint density at radius 3 is 2.47 bits per heavy atom. The second-order valence-electron chi connectivity index (χ2n) is 5.74. The summed E-state index contributed by atoms with van der Waals surface area (Å²) in [4.78, 5) is 13.9. The molecule has 2 heterocycles. The first-order chi connectivity index (χ1) is 8.99. The van der Waals surface area contributed by atoms with E-state index in [2.05, 4.69) is 6.92 Å². The standard InChI is InChI=1S/C13H24N2O3S/c1-12-4-8-14(9-5-12)13(16)6-10-15-7-2-3-11-19(15,17)18/h12H,2-11H2,1H3. The SMILES string of the molecule is CC1CCN(C(=O)CCN2CCCCS2(=O)=O)CC1. The lowest BCUT2D eigenvalue weighted by atomic mass is 9.99. The third-order valence-electron chi connectivity index (χ3n) is 4.16. The quantitative estimate of drug-likeness (QED) is 0.780. The van der Waals surface area contributed by atoms with Gasteiger partial charge >= 0.3 is 0 Å². The van der Waals surface area contributed by atoms with E-state index in [1.54, 1.807) is 0 Å². The van der Waals surface area contributed by atoms with E-state index >= 15 is 0 Å². The van der Waals surface area contributed by atoms with E-state index in [0.29, 0.717) is 25.4 Å². The highest BCUT2D eigenvalue weighted by atomic mass is 32.2. The molecule has 19 heavy (non-hydrogen) atoms. The van der Waals surface area contributed by atoms with Gasteiger partial charge in [0.2, 0.25) is 15.9 Å². The van der Waals surface area contributed by atoms with Crippen molar-refractivity contribution >= 4 is 15.9 Å². The fourth-order valence-electron chi connectivity index (χ4n) is 2.73. The van der Waals surface area contributed by atoms with Crippen molar-refractivity contribution in [1.29, 1.82) is 0 Å². The van der Waals surface area contributed by atoms with Crippen LogP contribution in [0.3, 0.4) is 0 Å². The fraction of sp³-hybridized carbons (Fsp3) is 0.923. The summed E-state index contributed by atoms with van der Waals surface area (Å²) >= 11 is 0. The maximum absolute atomic E-state index is 12.1. The Morgan fingerprint density at radius 1 is 1.16 bits per heavy atom. The molecule has 2 rings (SSSR count). The van der Waals surface area contributed by atoms with E-state index in [-0.39, 0.29) is 11.7 Å². The Hall–Kier alpha value is -0.620. The summed E-state index contributed by atoms with van der Waals surface area (Å²) in [6.45, 7) is 4.79. The number of hydrogen-bond donors (Lipinski definition) is 0. The van der Waals surface area contributed by atoms with Crippen molar-refractivity contribution < 1.29 is 13.2 Å². The van der Waals surface area contributed by atoms with Gasteiger partial charge in [0, 0.05) is 32.6 Å². The molecule has 0 spiro atoms. The Bertz CT molecular complexity index is 414. The fourth-order valence-corrected chi connectivity index (χ4v) is 4.33. The molecule has 2 fully saturated rings. The van der Waals surface area contributed by atoms with Crippen LogP contribution in [0.2, 0.25) is 0 Å². The Morgan fingerprint density at radius 2 is 1.84 bits per heavy atom. The van der Waals surface area contributed by atoms with Gasteiger partial charge in [0.15, 0.2) is 0 Å². The molecule has 0 aliphatic carbocycles. The van der Waals surface area contributed by atoms with Crippen molar-refractivity contribution in [3.8, 4) is 0 Å². The van der Waals surface area contributed by atoms with Gasteiger partial charge in [-0.25, -0.2) is 12.7 Å². The highest BCUT2D eigenvalue weighted by molar-refractivity contribution is 7.89. The number of amides is 1. The molecule has 6 heteroatoms. The van der Waals surface area contributed by atoms with Gasteiger partial charge in [-0.05, 0) is 31.6 Å². The molecule has 2 saturated heterocycles. The zero-order chi connectivity index (χ0) is 13.9. The number of piperidine rings is 1. The second-order valence-corrected chi connectivity index (χ2v) is 7.82. The summed E-state index contributed by atoms with van der Waals surface area (Å²) in [5.74, 6) is 1.04. The zero-order valence-corrected chi connectivity index (χ0v) is 12.5. The van der Waals surface area contributed by atoms with E-state index < -0.39 is 10.0 Å². The number of hydrogen-bond acceptors (Lipinski definition) is 3. The summed E-state index contributed by atoms with van der Waals surface area (Å²) < 4.78 is 25.1. The lowest BCUT2D eigenvalue weighted by Crippen LogP contribution is -2.42. The number of carbonyl (C=O) groups is 1. The highest BCUT2D eigenvalue weighted by Gasteiger charge is 2.27. The van der Waals surface area contributed by atoms with Gasteiger partial charge in [-0.15, -0.1) is 0 Å². The molecule has 0 aromatic heterocycles. The van der Waals surface area contributed by atoms with E-state index in [1.165, 1.54) is 4.31 Å². The van der Waals surface area contributed by atoms with Crippen molar-refractivity contribution in [2.75, 3.05) is 31.9 Å². The third kappa shape index (κ3) is 3.92. The van der Waals surface area contributed by atoms with Crippen LogP contribution in [0.4, 0.5) is 0 Å². The molecule has 2 aliphatic heterocycles. The first kappa shape index (κ1) is 14.8. The van der Waals surface area contributed by atoms with Crippen LogP contribution < -0.4 is 0 Å². The van der Waals surface area contributed by atoms with Gasteiger partial charge < -0.3 is 4.90 Å². The number of rotatable bonds is 3. The van der Waals surface area contributed by atoms with Gasteiger partial charge in [0.25, 0.3) is 0 Å². The topological polar surface area (TPSA) is 57.7 Å². The van der Waals surface area contributed by atoms with E-state index in [9.17, 15) is 13.2 Å². The molecule has 2 aliphatic rings. The third-order valence-corrected chi connectivity index (χ3v) is 6.12. The van der Waals surface area contributed by atoms with Crippen LogP contribution in [0.25, 0.3) is 0 Å². The lowest BCUT2D eigenvalue weighted by Gasteiger charge is -2.31. The maximum atomic E-state index is 12.1. The predicted octanol–water partition coefficient (Wildman–Crippen LogP) is 1.06. The van der Waals surface area contributed by atoms with E-state index in [1.807, 2.05) is 4.90 Å². The first-order valence-corrected chi connectivity index (χ1v) is 8.85. The number of sulfonamides is 1. The minimum Gasteiger partial charge on any atom is -0.343 e. The zero-order valence-electron chi connectivity index (χ0n) is 11.7. The van der Waals surface area contributed by atoms with Crippen LogP contribution in [0.5, 0.6) is 0 Å². The largest absolute Gasteiger partial charge is 0.343 e. The highest BCUT2D eigenvalue weighted by Crippen LogP contribution is 2.18. The average molecular weight is 288 g/mol. The summed E-state index contributed by atoms with van der Waals surface area (Å²) in [6, 6.07) is 0. The normalized spacial score (nSPS) is 25.4. The minimum atomic E-state index is -3.10. The van der Waals surface area contributed by atoms with E-state index in [4.69, 9.17) is 0 Å². The molecule has 110 valence electrons. The summed E-state index contributed by atoms with van der Waals surface area (Å²) in [5.41, 5.74) is 0. The van der Waals surface area contributed by atoms with Crippen LogP contribution in [0, 0.1) is 5.92 Å². The van der Waals surface area contributed by atoms with Gasteiger partial charge in [0.1, 0.15) is 0 Å². The first-order valence-electron chi connectivity index (χ1n) is 7.24. The van der Waals surface area contributed by atoms with Gasteiger partial charge in [-0.3, -0.25) is 4.79 Å². The van der Waals surface area contributed by atoms with Crippen LogP contribution in [-0.4, -0.2) is 55.5 Å². The predicted molar refractivity (Wildman–Crippen MR) is 74.2 cm³/mol. The number of nitrogens with zero attached hydrogens (tertiary/aromatic N) is 2. The van der Waals surface area contributed by atoms with Crippen LogP contribution in [0.1, 0.15) is 39.0 Å². The van der Waals surface area contributed by atoms with Gasteiger partial charge in [-0.2, -0.15) is 0 Å². The van der Waals surface area contributed by atoms with Crippen LogP contribution in [0.15, 0.2) is 0 Å². The number of likely N-dealkylation sites (tertiary alicyclic amines) is 1. The lowest BCUT2D eigenvalue weighted by molar-refractivity contribution is -0.132. The molecule has 0 atom stereocenters. The smallest absolute Gasteiger partial charge is 0.223 e. The van der Waals surface area contributed by atoms with Crippen LogP contribution in [-0.2, 0) is 14.8 Å². The van der Waals surface area contributed by atoms with Gasteiger partial charge in [-0.1, -0.05) is 6.92 Å². The molecule has 0 bridgehead atoms. The molecule has 0 aromatic rings. The summed E-state index contributed by atoms with van der Waals surface area (Å²) in [5, 5.41) is 0. The Kier molecular flexibility index (Phi) is 4.84. The van der Waals surface area contributed by atoms with Gasteiger partial charge in [0.05, 0.1) is 5.75 Å². The molecular weight excluding hydrogens is 264 g/mol. The Balaban J connectivity index is 1.80. The van der Waals surface area contributed by atoms with Crippen molar-refractivity contribution in [2.24, 2.45) is 5.92 Å². The maximum Gasteiger partial charge on any atom is 0.223 e. The molecular formula is C13H24N2O3S. The van der Waals surface area contributed by atoms with Crippen molar-refractivity contribution in [1.82, 2.24) is 9.21 Å². The monoisotopic (exact) mass is 288 g/mol. The molecule has 1 amide bonds. The van der Waals surface area contributed by atoms with Crippen molar-refractivity contribution in [2.45, 2.75) is 39.0 Å². The summed E-state index contributed by atoms with van der Waals surface area (Å²) in [7, 11) is -3.10. The van der Waals surface area contributed by atoms with Crippen molar-refractivity contribution in [3.63, 3.8) is 0 Å². The molecule has 0 unspecified atom stereocenters. The van der Waals surface area contributed by atoms with Crippen LogP contribution >= 0.6 is 0 Å². The molecule has 5 nitrogen and oxygen atoms in total. The summed E-state index contributed by atoms with van der Waals surface area (Å²) in [6.07, 6.45) is 4.11. The van der Waals surface area contributed by atoms with E-state index in [0.717, 1.165) is 38.8 Å². The Labute approximate surface area is 116 Å². The second kappa shape index (κ2) is 6.22. The molecule has 0 radical (unpaired) electrons. The average Bonchev–Trinajstić information content (AvgIpc) is 2.37. The minimum absolute atomic E-state index is 0.104. The molecule has 0 N–H and O–H groups in total. The number of carbonyl (C=O) groups excluding carboxylic acids is 1.